The molecule has 1 aliphatic heterocycles. The minimum Gasteiger partial charge on any atom is -0.504 e. The second kappa shape index (κ2) is 13.4. The van der Waals surface area contributed by atoms with Crippen molar-refractivity contribution in [3.63, 3.8) is 0 Å². The topological polar surface area (TPSA) is 92.9 Å². The first-order valence-corrected chi connectivity index (χ1v) is 10.4. The van der Waals surface area contributed by atoms with Gasteiger partial charge in [-0.05, 0) is 57.0 Å². The maximum absolute atomic E-state index is 12.5. The largest absolute Gasteiger partial charge is 0.504 e. The second-order valence-electron chi connectivity index (χ2n) is 7.07. The van der Waals surface area contributed by atoms with E-state index in [1.54, 1.807) is 30.0 Å². The van der Waals surface area contributed by atoms with Gasteiger partial charge in [-0.3, -0.25) is 4.79 Å². The molecule has 0 spiro atoms. The number of carbonyl (C=O) groups excluding carboxylic acids is 2. The van der Waals surface area contributed by atoms with Crippen LogP contribution >= 0.6 is 0 Å². The number of phenols is 1. The van der Waals surface area contributed by atoms with Gasteiger partial charge in [-0.1, -0.05) is 50.1 Å². The van der Waals surface area contributed by atoms with E-state index in [1.807, 2.05) is 32.1 Å². The van der Waals surface area contributed by atoms with Crippen LogP contribution in [0.1, 0.15) is 47.0 Å². The summed E-state index contributed by atoms with van der Waals surface area (Å²) in [7, 11) is 0. The molecule has 6 nitrogen and oxygen atoms in total. The van der Waals surface area contributed by atoms with Crippen molar-refractivity contribution in [3.8, 4) is 11.5 Å². The molecule has 30 heavy (non-hydrogen) atoms. The molecule has 1 amide bonds. The average Bonchev–Trinajstić information content (AvgIpc) is 2.71. The van der Waals surface area contributed by atoms with Crippen LogP contribution in [0.4, 0.5) is 4.79 Å². The summed E-state index contributed by atoms with van der Waals surface area (Å²) in [6.07, 6.45) is 7.86. The Hall–Kier alpha value is -2.86. The van der Waals surface area contributed by atoms with E-state index in [2.05, 4.69) is 6.92 Å². The fraction of sp³-hybridized carbons (Fsp3) is 0.417. The standard InChI is InChI=1S/C22H27NO4.C2H7N/c1-4-5-6-9-18(17(3)24)14-19-15-23(13-12-16(19)2)22(26)27-21-11-8-7-10-20(21)25;1-2-3/h6-11,14,25H,4-5,12-13,15H2,1-3H3;2-3H2,1H3/b9-6+,18-14+;. The molecule has 0 saturated heterocycles. The number of nitrogens with two attached hydrogens (primary N) is 1. The number of benzene rings is 1. The van der Waals surface area contributed by atoms with Crippen LogP contribution in [0, 0.1) is 0 Å². The zero-order valence-electron chi connectivity index (χ0n) is 18.5. The Morgan fingerprint density at radius 3 is 2.53 bits per heavy atom. The van der Waals surface area contributed by atoms with Gasteiger partial charge in [-0.15, -0.1) is 0 Å². The summed E-state index contributed by atoms with van der Waals surface area (Å²) in [6, 6.07) is 6.38. The van der Waals surface area contributed by atoms with E-state index in [0.717, 1.165) is 30.5 Å². The molecular formula is C24H34N2O4. The normalized spacial score (nSPS) is 14.4. The highest BCUT2D eigenvalue weighted by atomic mass is 16.6. The van der Waals surface area contributed by atoms with Crippen molar-refractivity contribution < 1.29 is 19.4 Å². The number of unbranched alkanes of at least 4 members (excludes halogenated alkanes) is 1. The van der Waals surface area contributed by atoms with Crippen molar-refractivity contribution in [2.75, 3.05) is 19.6 Å². The summed E-state index contributed by atoms with van der Waals surface area (Å²) < 4.78 is 5.31. The van der Waals surface area contributed by atoms with Crippen LogP contribution in [0.3, 0.4) is 0 Å². The third kappa shape index (κ3) is 8.25. The lowest BCUT2D eigenvalue weighted by Gasteiger charge is -2.28. The summed E-state index contributed by atoms with van der Waals surface area (Å²) in [4.78, 5) is 26.0. The van der Waals surface area contributed by atoms with Crippen molar-refractivity contribution in [1.82, 2.24) is 4.90 Å². The maximum Gasteiger partial charge on any atom is 0.415 e. The Labute approximate surface area is 179 Å². The van der Waals surface area contributed by atoms with Gasteiger partial charge in [-0.25, -0.2) is 4.79 Å². The predicted molar refractivity (Wildman–Crippen MR) is 121 cm³/mol. The predicted octanol–water partition coefficient (Wildman–Crippen LogP) is 4.75. The van der Waals surface area contributed by atoms with E-state index in [4.69, 9.17) is 10.5 Å². The van der Waals surface area contributed by atoms with Gasteiger partial charge in [-0.2, -0.15) is 0 Å². The molecule has 0 aliphatic carbocycles. The van der Waals surface area contributed by atoms with E-state index in [-0.39, 0.29) is 17.3 Å². The van der Waals surface area contributed by atoms with E-state index in [9.17, 15) is 14.7 Å². The molecule has 0 bridgehead atoms. The molecule has 3 N–H and O–H groups in total. The number of amides is 1. The smallest absolute Gasteiger partial charge is 0.415 e. The number of rotatable bonds is 6. The molecule has 1 heterocycles. The molecule has 2 rings (SSSR count). The lowest BCUT2D eigenvalue weighted by atomic mass is 9.98. The second-order valence-corrected chi connectivity index (χ2v) is 7.07. The number of Topliss-reactive ketones (excluding diaryl/α,β-unsaturated/α-hetero) is 1. The number of carbonyl (C=O) groups is 2. The average molecular weight is 415 g/mol. The van der Waals surface area contributed by atoms with Crippen LogP contribution in [0.25, 0.3) is 0 Å². The van der Waals surface area contributed by atoms with Crippen molar-refractivity contribution in [3.05, 3.63) is 59.2 Å². The third-order valence-electron chi connectivity index (χ3n) is 4.48. The lowest BCUT2D eigenvalue weighted by molar-refractivity contribution is -0.113. The van der Waals surface area contributed by atoms with Crippen LogP contribution in [0.15, 0.2) is 59.2 Å². The molecule has 6 heteroatoms. The van der Waals surface area contributed by atoms with Gasteiger partial charge >= 0.3 is 6.09 Å². The monoisotopic (exact) mass is 414 g/mol. The Kier molecular flexibility index (Phi) is 11.2. The summed E-state index contributed by atoms with van der Waals surface area (Å²) in [6.45, 7) is 9.22. The van der Waals surface area contributed by atoms with Crippen LogP contribution in [0.5, 0.6) is 11.5 Å². The molecule has 0 unspecified atom stereocenters. The number of ether oxygens (including phenoxy) is 1. The quantitative estimate of drug-likeness (QED) is 0.518. The van der Waals surface area contributed by atoms with E-state index < -0.39 is 6.09 Å². The summed E-state index contributed by atoms with van der Waals surface area (Å²) in [5, 5.41) is 9.77. The van der Waals surface area contributed by atoms with Gasteiger partial charge in [0.1, 0.15) is 0 Å². The van der Waals surface area contributed by atoms with Gasteiger partial charge in [0.2, 0.25) is 0 Å². The van der Waals surface area contributed by atoms with Gasteiger partial charge < -0.3 is 20.5 Å². The van der Waals surface area contributed by atoms with Crippen molar-refractivity contribution in [2.24, 2.45) is 5.73 Å². The Morgan fingerprint density at radius 2 is 1.93 bits per heavy atom. The number of ketones is 1. The first kappa shape index (κ1) is 25.2. The molecule has 0 atom stereocenters. The zero-order valence-corrected chi connectivity index (χ0v) is 18.5. The van der Waals surface area contributed by atoms with E-state index >= 15 is 0 Å². The van der Waals surface area contributed by atoms with E-state index in [1.165, 1.54) is 6.07 Å². The van der Waals surface area contributed by atoms with Crippen LogP contribution < -0.4 is 10.5 Å². The van der Waals surface area contributed by atoms with Crippen molar-refractivity contribution >= 4 is 11.9 Å². The molecule has 1 aliphatic rings. The highest BCUT2D eigenvalue weighted by Gasteiger charge is 2.23. The van der Waals surface area contributed by atoms with Gasteiger partial charge in [0.15, 0.2) is 17.3 Å². The molecule has 0 aromatic heterocycles. The highest BCUT2D eigenvalue weighted by Crippen LogP contribution is 2.26. The molecule has 164 valence electrons. The zero-order chi connectivity index (χ0) is 22.5. The summed E-state index contributed by atoms with van der Waals surface area (Å²) in [5.41, 5.74) is 7.58. The first-order chi connectivity index (χ1) is 14.3. The third-order valence-corrected chi connectivity index (χ3v) is 4.48. The fourth-order valence-electron chi connectivity index (χ4n) is 2.74. The summed E-state index contributed by atoms with van der Waals surface area (Å²) in [5.74, 6) is 0.0592. The van der Waals surface area contributed by atoms with Crippen LogP contribution in [-0.2, 0) is 4.79 Å². The fourth-order valence-corrected chi connectivity index (χ4v) is 2.74. The Balaban J connectivity index is 0.00000141. The number of aromatic hydroxyl groups is 1. The number of hydrogen-bond acceptors (Lipinski definition) is 5. The number of para-hydroxylation sites is 2. The number of allylic oxidation sites excluding steroid dienone is 3. The molecule has 0 fully saturated rings. The Bertz CT molecular complexity index is 809. The minimum absolute atomic E-state index is 0.00318. The number of phenolic OH excluding ortho intramolecular Hbond substituents is 1. The summed E-state index contributed by atoms with van der Waals surface area (Å²) >= 11 is 0. The maximum atomic E-state index is 12.5. The van der Waals surface area contributed by atoms with Crippen molar-refractivity contribution in [2.45, 2.75) is 47.0 Å². The minimum atomic E-state index is -0.513. The molecule has 0 saturated carbocycles. The highest BCUT2D eigenvalue weighted by molar-refractivity contribution is 5.96. The van der Waals surface area contributed by atoms with Crippen molar-refractivity contribution in [1.29, 1.82) is 0 Å². The van der Waals surface area contributed by atoms with Crippen LogP contribution in [-0.4, -0.2) is 41.5 Å². The van der Waals surface area contributed by atoms with Crippen LogP contribution in [0.2, 0.25) is 0 Å². The SMILES string of the molecule is CCC/C=C/C(=C\C1=C(C)CCN(C(=O)Oc2ccccc2O)C1)C(C)=O.CCN. The van der Waals surface area contributed by atoms with Gasteiger partial charge in [0.05, 0.1) is 0 Å². The molecule has 0 radical (unpaired) electrons. The Morgan fingerprint density at radius 1 is 1.27 bits per heavy atom. The number of nitrogens with zero attached hydrogens (tertiary/aromatic N) is 1. The molecular weight excluding hydrogens is 380 g/mol. The number of hydrogen-bond donors (Lipinski definition) is 2. The van der Waals surface area contributed by atoms with Gasteiger partial charge in [0, 0.05) is 18.7 Å². The van der Waals surface area contributed by atoms with Gasteiger partial charge in [0.25, 0.3) is 0 Å². The first-order valence-electron chi connectivity index (χ1n) is 10.4. The van der Waals surface area contributed by atoms with E-state index in [0.29, 0.717) is 25.1 Å². The lowest BCUT2D eigenvalue weighted by Crippen LogP contribution is -2.38. The molecule has 1 aromatic rings. The molecule has 1 aromatic carbocycles.